The predicted octanol–water partition coefficient (Wildman–Crippen LogP) is 0.945. The van der Waals surface area contributed by atoms with Crippen molar-refractivity contribution in [3.8, 4) is 0 Å². The second-order valence-electron chi connectivity index (χ2n) is 7.35. The van der Waals surface area contributed by atoms with Gasteiger partial charge in [-0.15, -0.1) is 0 Å². The van der Waals surface area contributed by atoms with E-state index in [2.05, 4.69) is 19.3 Å². The molecule has 2 aliphatic heterocycles. The average molecular weight is 280 g/mol. The van der Waals surface area contributed by atoms with E-state index in [-0.39, 0.29) is 16.7 Å². The van der Waals surface area contributed by atoms with Crippen LogP contribution in [-0.2, 0) is 14.3 Å². The zero-order valence-corrected chi connectivity index (χ0v) is 12.4. The molecule has 20 heavy (non-hydrogen) atoms. The summed E-state index contributed by atoms with van der Waals surface area (Å²) in [5, 5.41) is 1.98. The van der Waals surface area contributed by atoms with E-state index < -0.39 is 5.60 Å². The Bertz CT molecular complexity index is 450. The number of rotatable bonds is 2. The van der Waals surface area contributed by atoms with Crippen molar-refractivity contribution in [3.05, 3.63) is 0 Å². The Morgan fingerprint density at radius 1 is 1.30 bits per heavy atom. The number of amides is 1. The minimum atomic E-state index is -0.594. The predicted molar refractivity (Wildman–Crippen MR) is 72.8 cm³/mol. The normalized spacial score (nSPS) is 50.6. The van der Waals surface area contributed by atoms with Crippen LogP contribution < -0.4 is 5.43 Å². The van der Waals surface area contributed by atoms with Crippen LogP contribution >= 0.6 is 0 Å². The third-order valence-electron chi connectivity index (χ3n) is 6.84. The van der Waals surface area contributed by atoms with Crippen LogP contribution in [0.5, 0.6) is 0 Å². The van der Waals surface area contributed by atoms with E-state index in [4.69, 9.17) is 9.47 Å². The van der Waals surface area contributed by atoms with Crippen LogP contribution in [0.15, 0.2) is 0 Å². The van der Waals surface area contributed by atoms with Crippen molar-refractivity contribution < 1.29 is 14.3 Å². The summed E-state index contributed by atoms with van der Waals surface area (Å²) in [7, 11) is 0. The first-order valence-corrected chi connectivity index (χ1v) is 7.80. The second-order valence-corrected chi connectivity index (χ2v) is 7.35. The van der Waals surface area contributed by atoms with Crippen LogP contribution in [0, 0.1) is 16.7 Å². The van der Waals surface area contributed by atoms with Gasteiger partial charge in [0.15, 0.2) is 5.60 Å². The van der Waals surface area contributed by atoms with Crippen LogP contribution in [0.4, 0.5) is 0 Å². The number of hydrogen-bond acceptors (Lipinski definition) is 4. The van der Waals surface area contributed by atoms with Gasteiger partial charge in [0.05, 0.1) is 19.8 Å². The molecule has 4 aliphatic rings. The molecule has 0 spiro atoms. The lowest BCUT2D eigenvalue weighted by Crippen LogP contribution is -2.60. The number of hydrazine groups is 1. The molecule has 4 bridgehead atoms. The Hall–Kier alpha value is -0.650. The molecule has 1 amide bonds. The Kier molecular flexibility index (Phi) is 2.58. The van der Waals surface area contributed by atoms with Crippen molar-refractivity contribution in [2.24, 2.45) is 16.7 Å². The topological polar surface area (TPSA) is 50.8 Å². The first-order chi connectivity index (χ1) is 9.52. The summed E-state index contributed by atoms with van der Waals surface area (Å²) in [4.78, 5) is 12.9. The highest BCUT2D eigenvalue weighted by atomic mass is 16.5. The van der Waals surface area contributed by atoms with E-state index in [0.717, 1.165) is 32.5 Å². The second kappa shape index (κ2) is 3.96. The molecule has 2 heterocycles. The van der Waals surface area contributed by atoms with Gasteiger partial charge in [0.25, 0.3) is 5.91 Å². The molecule has 5 nitrogen and oxygen atoms in total. The summed E-state index contributed by atoms with van der Waals surface area (Å²) >= 11 is 0. The minimum absolute atomic E-state index is 0.00103. The monoisotopic (exact) mass is 280 g/mol. The molecule has 1 N–H and O–H groups in total. The first-order valence-electron chi connectivity index (χ1n) is 7.80. The van der Waals surface area contributed by atoms with Gasteiger partial charge in [0, 0.05) is 23.9 Å². The number of nitrogens with zero attached hydrogens (tertiary/aromatic N) is 1. The molecular weight excluding hydrogens is 256 g/mol. The third kappa shape index (κ3) is 1.32. The number of ether oxygens (including phenoxy) is 2. The van der Waals surface area contributed by atoms with Crippen LogP contribution in [0.1, 0.15) is 33.1 Å². The lowest BCUT2D eigenvalue weighted by molar-refractivity contribution is -0.162. The molecule has 0 aromatic heterocycles. The summed E-state index contributed by atoms with van der Waals surface area (Å²) < 4.78 is 11.4. The molecule has 2 aliphatic carbocycles. The molecule has 5 heteroatoms. The highest BCUT2D eigenvalue weighted by Gasteiger charge is 2.78. The molecule has 0 unspecified atom stereocenters. The fraction of sp³-hybridized carbons (Fsp3) is 0.933. The smallest absolute Gasteiger partial charge is 0.267 e. The lowest BCUT2D eigenvalue weighted by atomic mass is 9.66. The Morgan fingerprint density at radius 2 is 2.05 bits per heavy atom. The maximum Gasteiger partial charge on any atom is 0.267 e. The fourth-order valence-corrected chi connectivity index (χ4v) is 5.17. The van der Waals surface area contributed by atoms with Crippen LogP contribution in [0.3, 0.4) is 0 Å². The molecule has 4 fully saturated rings. The minimum Gasteiger partial charge on any atom is -0.379 e. The maximum atomic E-state index is 12.9. The number of hydrogen-bond donors (Lipinski definition) is 1. The number of morpholine rings is 1. The molecular formula is C15H24N2O3. The number of carbonyl (C=O) groups excluding carboxylic acids is 1. The van der Waals surface area contributed by atoms with E-state index in [9.17, 15) is 4.79 Å². The molecule has 2 saturated carbocycles. The van der Waals surface area contributed by atoms with Gasteiger partial charge in [-0.1, -0.05) is 13.8 Å². The maximum absolute atomic E-state index is 12.9. The third-order valence-corrected chi connectivity index (χ3v) is 6.84. The highest BCUT2D eigenvalue weighted by Crippen LogP contribution is 2.74. The van der Waals surface area contributed by atoms with Crippen molar-refractivity contribution in [3.63, 3.8) is 0 Å². The van der Waals surface area contributed by atoms with E-state index in [1.807, 2.05) is 5.01 Å². The van der Waals surface area contributed by atoms with Crippen LogP contribution in [-0.4, -0.2) is 49.4 Å². The SMILES string of the molecule is C[C@@]12CC[C@H]3C[C@]1(C(=O)NN1CCOCC1)OC[C@]32C. The molecule has 2 saturated heterocycles. The number of nitrogens with one attached hydrogen (secondary N) is 1. The molecule has 0 radical (unpaired) electrons. The quantitative estimate of drug-likeness (QED) is 0.818. The largest absolute Gasteiger partial charge is 0.379 e. The summed E-state index contributed by atoms with van der Waals surface area (Å²) in [6.45, 7) is 8.23. The summed E-state index contributed by atoms with van der Waals surface area (Å²) in [5.41, 5.74) is 2.69. The molecule has 0 aromatic carbocycles. The molecule has 4 atom stereocenters. The van der Waals surface area contributed by atoms with Gasteiger partial charge in [0.2, 0.25) is 0 Å². The van der Waals surface area contributed by atoms with Gasteiger partial charge in [-0.2, -0.15) is 0 Å². The van der Waals surface area contributed by atoms with E-state index >= 15 is 0 Å². The fourth-order valence-electron chi connectivity index (χ4n) is 5.17. The summed E-state index contributed by atoms with van der Waals surface area (Å²) in [5.74, 6) is 0.726. The Labute approximate surface area is 119 Å². The van der Waals surface area contributed by atoms with Crippen molar-refractivity contribution in [2.45, 2.75) is 38.7 Å². The van der Waals surface area contributed by atoms with E-state index in [0.29, 0.717) is 19.1 Å². The summed E-state index contributed by atoms with van der Waals surface area (Å²) in [6.07, 6.45) is 3.27. The van der Waals surface area contributed by atoms with Gasteiger partial charge < -0.3 is 9.47 Å². The Balaban J connectivity index is 1.57. The zero-order chi connectivity index (χ0) is 14.0. The summed E-state index contributed by atoms with van der Waals surface area (Å²) in [6, 6.07) is 0. The van der Waals surface area contributed by atoms with Gasteiger partial charge in [-0.3, -0.25) is 10.2 Å². The van der Waals surface area contributed by atoms with Crippen molar-refractivity contribution in [1.29, 1.82) is 0 Å². The van der Waals surface area contributed by atoms with E-state index in [1.165, 1.54) is 6.42 Å². The van der Waals surface area contributed by atoms with Crippen LogP contribution in [0.2, 0.25) is 0 Å². The molecule has 4 rings (SSSR count). The van der Waals surface area contributed by atoms with Gasteiger partial charge in [-0.25, -0.2) is 5.01 Å². The average Bonchev–Trinajstić information content (AvgIpc) is 2.92. The highest BCUT2D eigenvalue weighted by molar-refractivity contribution is 5.87. The first kappa shape index (κ1) is 13.0. The standard InChI is InChI=1S/C15H24N2O3/c1-13-10-20-15(9-11(13)3-4-14(13,15)2)12(18)16-17-5-7-19-8-6-17/h11H,3-10H2,1-2H3,(H,16,18)/t11-,13+,14-,15+/m0/s1. The van der Waals surface area contributed by atoms with Crippen molar-refractivity contribution >= 4 is 5.91 Å². The van der Waals surface area contributed by atoms with E-state index in [1.54, 1.807) is 0 Å². The van der Waals surface area contributed by atoms with Gasteiger partial charge in [-0.05, 0) is 25.2 Å². The van der Waals surface area contributed by atoms with Gasteiger partial charge in [0.1, 0.15) is 0 Å². The Morgan fingerprint density at radius 3 is 2.70 bits per heavy atom. The van der Waals surface area contributed by atoms with Crippen molar-refractivity contribution in [1.82, 2.24) is 10.4 Å². The van der Waals surface area contributed by atoms with Gasteiger partial charge >= 0.3 is 0 Å². The van der Waals surface area contributed by atoms with Crippen LogP contribution in [0.25, 0.3) is 0 Å². The molecule has 0 aromatic rings. The molecule has 112 valence electrons. The zero-order valence-electron chi connectivity index (χ0n) is 12.4. The lowest BCUT2D eigenvalue weighted by Gasteiger charge is -2.41. The number of carbonyl (C=O) groups is 1. The van der Waals surface area contributed by atoms with Crippen molar-refractivity contribution in [2.75, 3.05) is 32.9 Å².